The maximum Gasteiger partial charge on any atom is 0.244 e. The second-order valence-corrected chi connectivity index (χ2v) is 6.91. The minimum absolute atomic E-state index is 0.0127. The number of thioether (sulfide) groups is 1. The molecule has 1 saturated heterocycles. The molecule has 126 valence electrons. The van der Waals surface area contributed by atoms with Crippen molar-refractivity contribution >= 4 is 35.0 Å². The van der Waals surface area contributed by atoms with Crippen molar-refractivity contribution in [2.75, 3.05) is 34.9 Å². The summed E-state index contributed by atoms with van der Waals surface area (Å²) in [5, 5.41) is 11.8. The molecule has 0 saturated carbocycles. The van der Waals surface area contributed by atoms with Gasteiger partial charge in [0.05, 0.1) is 34.9 Å². The third-order valence-electron chi connectivity index (χ3n) is 4.10. The first-order valence-corrected chi connectivity index (χ1v) is 9.16. The summed E-state index contributed by atoms with van der Waals surface area (Å²) in [7, 11) is 0. The Morgan fingerprint density at radius 3 is 3.08 bits per heavy atom. The second-order valence-electron chi connectivity index (χ2n) is 5.88. The van der Waals surface area contributed by atoms with Gasteiger partial charge in [0.1, 0.15) is 6.54 Å². The van der Waals surface area contributed by atoms with Crippen molar-refractivity contribution < 1.29 is 14.3 Å². The van der Waals surface area contributed by atoms with Gasteiger partial charge in [-0.2, -0.15) is 5.26 Å². The standard InChI is InChI=1S/C17H19N3O3S/c18-8-12-4-5-14-15(7-12)20(9-16(21)19-14)17(22)11-24-10-13-3-1-2-6-23-13/h4-5,7,13H,1-3,6,9-11H2,(H,19,21). The fourth-order valence-electron chi connectivity index (χ4n) is 2.87. The Balaban J connectivity index is 1.64. The molecule has 0 spiro atoms. The minimum Gasteiger partial charge on any atom is -0.377 e. The summed E-state index contributed by atoms with van der Waals surface area (Å²) in [6, 6.07) is 6.99. The Labute approximate surface area is 145 Å². The van der Waals surface area contributed by atoms with Crippen LogP contribution in [0.4, 0.5) is 11.4 Å². The fraction of sp³-hybridized carbons (Fsp3) is 0.471. The Morgan fingerprint density at radius 1 is 1.46 bits per heavy atom. The average molecular weight is 345 g/mol. The third-order valence-corrected chi connectivity index (χ3v) is 5.16. The molecule has 1 aromatic carbocycles. The van der Waals surface area contributed by atoms with Crippen LogP contribution in [0.3, 0.4) is 0 Å². The van der Waals surface area contributed by atoms with Crippen LogP contribution < -0.4 is 10.2 Å². The number of anilines is 2. The molecular formula is C17H19N3O3S. The van der Waals surface area contributed by atoms with Crippen molar-refractivity contribution in [1.29, 1.82) is 5.26 Å². The molecule has 0 bridgehead atoms. The highest BCUT2D eigenvalue weighted by atomic mass is 32.2. The summed E-state index contributed by atoms with van der Waals surface area (Å²) in [5.74, 6) is 0.739. The Bertz CT molecular complexity index is 680. The Hall–Kier alpha value is -2.04. The molecule has 1 unspecified atom stereocenters. The fourth-order valence-corrected chi connectivity index (χ4v) is 3.84. The predicted octanol–water partition coefficient (Wildman–Crippen LogP) is 2.15. The summed E-state index contributed by atoms with van der Waals surface area (Å²) >= 11 is 1.53. The molecule has 1 N–H and O–H groups in total. The van der Waals surface area contributed by atoms with E-state index in [1.807, 2.05) is 0 Å². The van der Waals surface area contributed by atoms with Crippen LogP contribution in [0.25, 0.3) is 0 Å². The van der Waals surface area contributed by atoms with Crippen LogP contribution in [-0.4, -0.2) is 42.6 Å². The monoisotopic (exact) mass is 345 g/mol. The van der Waals surface area contributed by atoms with Crippen LogP contribution in [0, 0.1) is 11.3 Å². The van der Waals surface area contributed by atoms with Gasteiger partial charge >= 0.3 is 0 Å². The van der Waals surface area contributed by atoms with Crippen LogP contribution in [0.1, 0.15) is 24.8 Å². The summed E-state index contributed by atoms with van der Waals surface area (Å²) in [4.78, 5) is 25.8. The zero-order chi connectivity index (χ0) is 16.9. The highest BCUT2D eigenvalue weighted by Crippen LogP contribution is 2.31. The van der Waals surface area contributed by atoms with E-state index in [9.17, 15) is 9.59 Å². The molecule has 2 aliphatic rings. The lowest BCUT2D eigenvalue weighted by Gasteiger charge is -2.29. The summed E-state index contributed by atoms with van der Waals surface area (Å²) in [6.45, 7) is 0.789. The number of hydrogen-bond acceptors (Lipinski definition) is 5. The van der Waals surface area contributed by atoms with E-state index in [4.69, 9.17) is 10.00 Å². The quantitative estimate of drug-likeness (QED) is 0.904. The zero-order valence-electron chi connectivity index (χ0n) is 13.3. The smallest absolute Gasteiger partial charge is 0.244 e. The van der Waals surface area contributed by atoms with Crippen molar-refractivity contribution in [3.8, 4) is 6.07 Å². The molecule has 0 radical (unpaired) electrons. The number of carbonyl (C=O) groups is 2. The van der Waals surface area contributed by atoms with Crippen molar-refractivity contribution in [3.05, 3.63) is 23.8 Å². The highest BCUT2D eigenvalue weighted by molar-refractivity contribution is 8.00. The van der Waals surface area contributed by atoms with Crippen LogP contribution in [0.2, 0.25) is 0 Å². The molecule has 2 aliphatic heterocycles. The van der Waals surface area contributed by atoms with Gasteiger partial charge in [-0.25, -0.2) is 0 Å². The van der Waals surface area contributed by atoms with E-state index in [1.165, 1.54) is 23.1 Å². The molecule has 2 heterocycles. The average Bonchev–Trinajstić information content (AvgIpc) is 2.61. The lowest BCUT2D eigenvalue weighted by atomic mass is 10.1. The first kappa shape index (κ1) is 16.8. The number of carbonyl (C=O) groups excluding carboxylic acids is 2. The third kappa shape index (κ3) is 3.89. The van der Waals surface area contributed by atoms with E-state index in [-0.39, 0.29) is 24.5 Å². The van der Waals surface area contributed by atoms with E-state index in [0.29, 0.717) is 22.7 Å². The lowest BCUT2D eigenvalue weighted by Crippen LogP contribution is -2.43. The number of nitrogens with zero attached hydrogens (tertiary/aromatic N) is 2. The molecule has 1 aromatic rings. The number of benzene rings is 1. The van der Waals surface area contributed by atoms with Crippen molar-refractivity contribution in [2.45, 2.75) is 25.4 Å². The van der Waals surface area contributed by atoms with E-state index >= 15 is 0 Å². The number of rotatable bonds is 4. The van der Waals surface area contributed by atoms with E-state index in [1.54, 1.807) is 18.2 Å². The van der Waals surface area contributed by atoms with Crippen LogP contribution in [0.15, 0.2) is 18.2 Å². The molecule has 1 fully saturated rings. The number of hydrogen-bond donors (Lipinski definition) is 1. The van der Waals surface area contributed by atoms with Crippen LogP contribution in [-0.2, 0) is 14.3 Å². The topological polar surface area (TPSA) is 82.4 Å². The van der Waals surface area contributed by atoms with Gasteiger partial charge in [0.2, 0.25) is 11.8 Å². The van der Waals surface area contributed by atoms with Gasteiger partial charge < -0.3 is 15.0 Å². The van der Waals surface area contributed by atoms with Gasteiger partial charge in [-0.3, -0.25) is 9.59 Å². The lowest BCUT2D eigenvalue weighted by molar-refractivity contribution is -0.120. The number of fused-ring (bicyclic) bond motifs is 1. The first-order valence-electron chi connectivity index (χ1n) is 8.01. The van der Waals surface area contributed by atoms with Gasteiger partial charge in [-0.15, -0.1) is 11.8 Å². The minimum atomic E-state index is -0.221. The van der Waals surface area contributed by atoms with Gasteiger partial charge in [-0.05, 0) is 37.5 Å². The maximum absolute atomic E-state index is 12.5. The largest absolute Gasteiger partial charge is 0.377 e. The molecule has 3 rings (SSSR count). The van der Waals surface area contributed by atoms with Gasteiger partial charge in [0.25, 0.3) is 0 Å². The number of nitrogens with one attached hydrogen (secondary N) is 1. The van der Waals surface area contributed by atoms with Crippen LogP contribution in [0.5, 0.6) is 0 Å². The number of ether oxygens (including phenoxy) is 1. The SMILES string of the molecule is N#Cc1ccc2c(c1)N(C(=O)CSCC1CCCCO1)CC(=O)N2. The predicted molar refractivity (Wildman–Crippen MR) is 93.1 cm³/mol. The van der Waals surface area contributed by atoms with Crippen LogP contribution >= 0.6 is 11.8 Å². The molecule has 0 aromatic heterocycles. The molecule has 1 atom stereocenters. The van der Waals surface area contributed by atoms with Crippen molar-refractivity contribution in [1.82, 2.24) is 0 Å². The molecule has 7 heteroatoms. The summed E-state index contributed by atoms with van der Waals surface area (Å²) in [6.07, 6.45) is 3.55. The zero-order valence-corrected chi connectivity index (χ0v) is 14.1. The van der Waals surface area contributed by atoms with E-state index < -0.39 is 0 Å². The molecular weight excluding hydrogens is 326 g/mol. The van der Waals surface area contributed by atoms with E-state index in [2.05, 4.69) is 11.4 Å². The van der Waals surface area contributed by atoms with Crippen molar-refractivity contribution in [3.63, 3.8) is 0 Å². The van der Waals surface area contributed by atoms with Gasteiger partial charge in [-0.1, -0.05) is 0 Å². The highest BCUT2D eigenvalue weighted by Gasteiger charge is 2.27. The summed E-state index contributed by atoms with van der Waals surface area (Å²) in [5.41, 5.74) is 1.62. The Kier molecular flexibility index (Phi) is 5.38. The van der Waals surface area contributed by atoms with Crippen molar-refractivity contribution in [2.24, 2.45) is 0 Å². The van der Waals surface area contributed by atoms with Gasteiger partial charge in [0.15, 0.2) is 0 Å². The normalized spacial score (nSPS) is 20.0. The molecule has 6 nitrogen and oxygen atoms in total. The number of nitriles is 1. The summed E-state index contributed by atoms with van der Waals surface area (Å²) < 4.78 is 5.66. The van der Waals surface area contributed by atoms with E-state index in [0.717, 1.165) is 25.2 Å². The first-order chi connectivity index (χ1) is 11.7. The second kappa shape index (κ2) is 7.69. The van der Waals surface area contributed by atoms with Gasteiger partial charge in [0, 0.05) is 12.4 Å². The molecule has 2 amide bonds. The molecule has 0 aliphatic carbocycles. The number of amides is 2. The Morgan fingerprint density at radius 2 is 2.33 bits per heavy atom. The molecule has 24 heavy (non-hydrogen) atoms. The maximum atomic E-state index is 12.5.